The minimum Gasteiger partial charge on any atom is -0.0884 e. The summed E-state index contributed by atoms with van der Waals surface area (Å²) in [5, 5.41) is 0. The Labute approximate surface area is 151 Å². The minimum atomic E-state index is 0. The third kappa shape index (κ3) is 2.45. The van der Waals surface area contributed by atoms with Crippen molar-refractivity contribution >= 4 is 0 Å². The molecule has 0 N–H and O–H groups in total. The van der Waals surface area contributed by atoms with Gasteiger partial charge in [0.1, 0.15) is 0 Å². The second-order valence-corrected chi connectivity index (χ2v) is 10.5. The summed E-state index contributed by atoms with van der Waals surface area (Å²) in [5.41, 5.74) is 2.59. The monoisotopic (exact) mass is 328 g/mol. The van der Waals surface area contributed by atoms with Crippen molar-refractivity contribution in [2.75, 3.05) is 0 Å². The van der Waals surface area contributed by atoms with Gasteiger partial charge in [0.05, 0.1) is 0 Å². The van der Waals surface area contributed by atoms with Crippen LogP contribution >= 0.6 is 0 Å². The van der Waals surface area contributed by atoms with Crippen LogP contribution in [0, 0.1) is 46.8 Å². The Kier molecular flexibility index (Phi) is 3.91. The molecule has 5 aliphatic rings. The highest BCUT2D eigenvalue weighted by Crippen LogP contribution is 2.65. The normalized spacial score (nSPS) is 49.9. The van der Waals surface area contributed by atoms with Crippen molar-refractivity contribution in [2.45, 2.75) is 90.9 Å². The largest absolute Gasteiger partial charge is 0.0884 e. The van der Waals surface area contributed by atoms with E-state index in [1.165, 1.54) is 12.8 Å². The Bertz CT molecular complexity index is 516. The molecule has 7 atom stereocenters. The molecule has 0 saturated heterocycles. The summed E-state index contributed by atoms with van der Waals surface area (Å²) in [7, 11) is 0. The second-order valence-electron chi connectivity index (χ2n) is 10.5. The van der Waals surface area contributed by atoms with Gasteiger partial charge in [-0.3, -0.25) is 0 Å². The van der Waals surface area contributed by atoms with Gasteiger partial charge >= 0.3 is 0 Å². The van der Waals surface area contributed by atoms with Crippen LogP contribution in [0.25, 0.3) is 0 Å². The quantitative estimate of drug-likeness (QED) is 0.445. The zero-order valence-electron chi connectivity index (χ0n) is 16.1. The molecule has 0 bridgehead atoms. The molecular formula is C24H40. The summed E-state index contributed by atoms with van der Waals surface area (Å²) >= 11 is 0. The fourth-order valence-electron chi connectivity index (χ4n) is 8.34. The van der Waals surface area contributed by atoms with E-state index in [0.29, 0.717) is 0 Å². The predicted molar refractivity (Wildman–Crippen MR) is 104 cm³/mol. The zero-order chi connectivity index (χ0) is 16.3. The van der Waals surface area contributed by atoms with Gasteiger partial charge in [-0.15, -0.1) is 0 Å². The fourth-order valence-corrected chi connectivity index (χ4v) is 8.34. The maximum atomic E-state index is 2.42. The minimum absolute atomic E-state index is 0. The first kappa shape index (κ1) is 16.0. The highest BCUT2D eigenvalue weighted by atomic mass is 14.6. The molecule has 5 fully saturated rings. The van der Waals surface area contributed by atoms with Crippen molar-refractivity contribution in [3.63, 3.8) is 0 Å². The molecule has 0 aromatic rings. The molecule has 0 nitrogen and oxygen atoms in total. The van der Waals surface area contributed by atoms with E-state index in [4.69, 9.17) is 0 Å². The lowest BCUT2D eigenvalue weighted by Gasteiger charge is -2.56. The van der Waals surface area contributed by atoms with E-state index in [1.807, 2.05) is 0 Å². The summed E-state index contributed by atoms with van der Waals surface area (Å²) in [4.78, 5) is 0. The summed E-state index contributed by atoms with van der Waals surface area (Å²) in [5.74, 6) is 7.60. The summed E-state index contributed by atoms with van der Waals surface area (Å²) in [6, 6.07) is 0. The van der Waals surface area contributed by atoms with Crippen LogP contribution in [0.4, 0.5) is 0 Å². The van der Waals surface area contributed by atoms with Gasteiger partial charge in [0.15, 0.2) is 0 Å². The number of allylic oxidation sites excluding steroid dienone is 2. The van der Waals surface area contributed by atoms with E-state index in [0.717, 1.165) is 46.8 Å². The molecule has 5 saturated carbocycles. The summed E-state index contributed by atoms with van der Waals surface area (Å²) < 4.78 is 0. The topological polar surface area (TPSA) is 0 Å². The molecule has 0 aromatic carbocycles. The molecule has 0 heteroatoms. The van der Waals surface area contributed by atoms with Gasteiger partial charge in [-0.05, 0) is 131 Å². The third-order valence-corrected chi connectivity index (χ3v) is 9.78. The van der Waals surface area contributed by atoms with Crippen molar-refractivity contribution < 1.29 is 1.43 Å². The van der Waals surface area contributed by atoms with Crippen LogP contribution < -0.4 is 0 Å². The zero-order valence-corrected chi connectivity index (χ0v) is 16.1. The highest BCUT2D eigenvalue weighted by Gasteiger charge is 2.55. The lowest BCUT2D eigenvalue weighted by atomic mass is 9.49. The molecule has 0 aliphatic heterocycles. The van der Waals surface area contributed by atoms with Crippen LogP contribution in [0.3, 0.4) is 0 Å². The first-order valence-electron chi connectivity index (χ1n) is 11.3. The van der Waals surface area contributed by atoms with Gasteiger partial charge in [-0.1, -0.05) is 18.1 Å². The average Bonchev–Trinajstić information content (AvgIpc) is 3.38. The Hall–Kier alpha value is -0.260. The number of rotatable bonds is 1. The lowest BCUT2D eigenvalue weighted by Crippen LogP contribution is -2.48. The van der Waals surface area contributed by atoms with Crippen molar-refractivity contribution in [1.29, 1.82) is 0 Å². The number of hydrogen-bond donors (Lipinski definition) is 0. The predicted octanol–water partition coefficient (Wildman–Crippen LogP) is 7.25. The standard InChI is InChI=1S/C24H38.H2/c1-3-16(2)18-5-4-6-20-21(18)9-10-22-19-11-12-24(13-14-24)15-17(19)7-8-23(20)22;/h3,17-23H,4-15H2,1-2H3;1H/b16-3-;/t17-,18+,19-,20+,21+,22?,23-;/m0./s1. The first-order valence-corrected chi connectivity index (χ1v) is 11.3. The molecule has 1 unspecified atom stereocenters. The maximum Gasteiger partial charge on any atom is 0 e. The third-order valence-electron chi connectivity index (χ3n) is 9.78. The molecule has 0 aromatic heterocycles. The van der Waals surface area contributed by atoms with E-state index in [9.17, 15) is 0 Å². The molecule has 0 amide bonds. The molecule has 5 aliphatic carbocycles. The van der Waals surface area contributed by atoms with Crippen LogP contribution in [-0.4, -0.2) is 0 Å². The summed E-state index contributed by atoms with van der Waals surface area (Å²) in [6.45, 7) is 4.69. The fraction of sp³-hybridized carbons (Fsp3) is 0.917. The first-order chi connectivity index (χ1) is 11.7. The molecule has 1 spiro atoms. The number of fused-ring (bicyclic) bond motifs is 5. The van der Waals surface area contributed by atoms with E-state index < -0.39 is 0 Å². The molecular weight excluding hydrogens is 288 g/mol. The maximum absolute atomic E-state index is 2.42. The SMILES string of the molecule is C/C=C(/C)[C@H]1CCC[C@@H]2[C@@H]1CCC1[C@H]3CCC4(CC4)C[C@@H]3CC[C@H]12.[HH]. The van der Waals surface area contributed by atoms with Gasteiger partial charge in [-0.2, -0.15) is 0 Å². The van der Waals surface area contributed by atoms with E-state index in [1.54, 1.807) is 69.8 Å². The average molecular weight is 329 g/mol. The van der Waals surface area contributed by atoms with Crippen LogP contribution in [0.15, 0.2) is 11.6 Å². The highest BCUT2D eigenvalue weighted by molar-refractivity contribution is 5.10. The Morgan fingerprint density at radius 2 is 1.50 bits per heavy atom. The Balaban J connectivity index is 0.00000157. The molecule has 5 rings (SSSR count). The van der Waals surface area contributed by atoms with Crippen molar-refractivity contribution in [1.82, 2.24) is 0 Å². The molecule has 0 heterocycles. The smallest absolute Gasteiger partial charge is 0 e. The van der Waals surface area contributed by atoms with E-state index in [-0.39, 0.29) is 1.43 Å². The second kappa shape index (κ2) is 5.88. The van der Waals surface area contributed by atoms with Crippen molar-refractivity contribution in [3.8, 4) is 0 Å². The summed E-state index contributed by atoms with van der Waals surface area (Å²) in [6.07, 6.45) is 21.4. The lowest BCUT2D eigenvalue weighted by molar-refractivity contribution is -0.0615. The van der Waals surface area contributed by atoms with Crippen LogP contribution in [0.1, 0.15) is 92.3 Å². The number of hydrogen-bond acceptors (Lipinski definition) is 0. The van der Waals surface area contributed by atoms with Gasteiger partial charge in [0.25, 0.3) is 0 Å². The van der Waals surface area contributed by atoms with Gasteiger partial charge in [0.2, 0.25) is 0 Å². The van der Waals surface area contributed by atoms with Crippen molar-refractivity contribution in [3.05, 3.63) is 11.6 Å². The van der Waals surface area contributed by atoms with Gasteiger partial charge in [-0.25, -0.2) is 0 Å². The van der Waals surface area contributed by atoms with Crippen LogP contribution in [-0.2, 0) is 0 Å². The molecule has 0 radical (unpaired) electrons. The van der Waals surface area contributed by atoms with Gasteiger partial charge in [0, 0.05) is 1.43 Å². The van der Waals surface area contributed by atoms with E-state index in [2.05, 4.69) is 19.9 Å². The van der Waals surface area contributed by atoms with E-state index >= 15 is 0 Å². The van der Waals surface area contributed by atoms with Gasteiger partial charge < -0.3 is 0 Å². The van der Waals surface area contributed by atoms with Crippen molar-refractivity contribution in [2.24, 2.45) is 46.8 Å². The van der Waals surface area contributed by atoms with Crippen LogP contribution in [0.2, 0.25) is 0 Å². The van der Waals surface area contributed by atoms with Crippen LogP contribution in [0.5, 0.6) is 0 Å². The molecule has 24 heavy (non-hydrogen) atoms. The Morgan fingerprint density at radius 3 is 2.29 bits per heavy atom. The molecule has 136 valence electrons. The Morgan fingerprint density at radius 1 is 0.792 bits per heavy atom.